The summed E-state index contributed by atoms with van der Waals surface area (Å²) in [5.74, 6) is -0.0534. The van der Waals surface area contributed by atoms with Gasteiger partial charge in [-0.2, -0.15) is 0 Å². The van der Waals surface area contributed by atoms with Gasteiger partial charge >= 0.3 is 0 Å². The summed E-state index contributed by atoms with van der Waals surface area (Å²) in [6.07, 6.45) is 1.74. The van der Waals surface area contributed by atoms with Crippen LogP contribution in [0.1, 0.15) is 17.4 Å². The van der Waals surface area contributed by atoms with Gasteiger partial charge in [0.1, 0.15) is 5.69 Å². The normalized spacial score (nSPS) is 12.4. The molecule has 0 bridgehead atoms. The summed E-state index contributed by atoms with van der Waals surface area (Å²) in [6.45, 7) is 3.49. The van der Waals surface area contributed by atoms with E-state index in [-0.39, 0.29) is 11.9 Å². The lowest BCUT2D eigenvalue weighted by atomic mass is 10.2. The van der Waals surface area contributed by atoms with Crippen molar-refractivity contribution in [2.75, 3.05) is 34.0 Å². The monoisotopic (exact) mass is 318 g/mol. The van der Waals surface area contributed by atoms with Gasteiger partial charge in [0.05, 0.1) is 19.3 Å². The first-order valence-corrected chi connectivity index (χ1v) is 6.52. The van der Waals surface area contributed by atoms with Crippen molar-refractivity contribution >= 4 is 21.8 Å². The van der Waals surface area contributed by atoms with Crippen LogP contribution in [0.4, 0.5) is 0 Å². The van der Waals surface area contributed by atoms with Crippen molar-refractivity contribution < 1.29 is 14.3 Å². The van der Waals surface area contributed by atoms with E-state index >= 15 is 0 Å². The molecule has 1 rings (SSSR count). The molecule has 102 valence electrons. The number of hydrogen-bond acceptors (Lipinski definition) is 3. The molecule has 1 atom stereocenters. The number of ether oxygens (including phenoxy) is 2. The van der Waals surface area contributed by atoms with Crippen LogP contribution in [0.2, 0.25) is 0 Å². The van der Waals surface area contributed by atoms with Crippen LogP contribution in [-0.2, 0) is 9.47 Å². The highest BCUT2D eigenvalue weighted by Crippen LogP contribution is 2.14. The lowest BCUT2D eigenvalue weighted by Gasteiger charge is -2.28. The number of methoxy groups -OCH3 is 2. The molecular weight excluding hydrogens is 300 g/mol. The van der Waals surface area contributed by atoms with E-state index in [2.05, 4.69) is 20.9 Å². The molecule has 6 heteroatoms. The predicted octanol–water partition coefficient (Wildman–Crippen LogP) is 1.90. The van der Waals surface area contributed by atoms with Gasteiger partial charge in [-0.25, -0.2) is 0 Å². The number of aromatic amines is 1. The van der Waals surface area contributed by atoms with Crippen LogP contribution in [-0.4, -0.2) is 55.8 Å². The Morgan fingerprint density at radius 3 is 2.72 bits per heavy atom. The van der Waals surface area contributed by atoms with Crippen molar-refractivity contribution in [2.45, 2.75) is 13.0 Å². The van der Waals surface area contributed by atoms with Gasteiger partial charge in [0.25, 0.3) is 5.91 Å². The molecular formula is C12H19BrN2O3. The molecule has 1 amide bonds. The highest BCUT2D eigenvalue weighted by molar-refractivity contribution is 9.10. The maximum absolute atomic E-state index is 12.3. The van der Waals surface area contributed by atoms with E-state index in [0.717, 1.165) is 4.47 Å². The lowest BCUT2D eigenvalue weighted by molar-refractivity contribution is 0.0475. The molecule has 0 spiro atoms. The van der Waals surface area contributed by atoms with Crippen LogP contribution < -0.4 is 0 Å². The van der Waals surface area contributed by atoms with Gasteiger partial charge in [0.15, 0.2) is 0 Å². The Kier molecular flexibility index (Phi) is 6.38. The topological polar surface area (TPSA) is 54.6 Å². The summed E-state index contributed by atoms with van der Waals surface area (Å²) in [5, 5.41) is 0. The van der Waals surface area contributed by atoms with E-state index in [0.29, 0.717) is 25.5 Å². The van der Waals surface area contributed by atoms with E-state index < -0.39 is 0 Å². The molecule has 0 radical (unpaired) electrons. The minimum absolute atomic E-state index is 0.000254. The zero-order valence-electron chi connectivity index (χ0n) is 10.9. The zero-order valence-corrected chi connectivity index (χ0v) is 12.5. The first-order valence-electron chi connectivity index (χ1n) is 5.73. The third-order valence-corrected chi connectivity index (χ3v) is 3.07. The van der Waals surface area contributed by atoms with Crippen LogP contribution in [0.3, 0.4) is 0 Å². The number of aromatic nitrogens is 1. The Balaban J connectivity index is 2.77. The van der Waals surface area contributed by atoms with Gasteiger partial charge in [-0.1, -0.05) is 0 Å². The lowest BCUT2D eigenvalue weighted by Crippen LogP contribution is -2.43. The van der Waals surface area contributed by atoms with E-state index in [1.807, 2.05) is 6.92 Å². The summed E-state index contributed by atoms with van der Waals surface area (Å²) >= 11 is 3.32. The minimum Gasteiger partial charge on any atom is -0.383 e. The number of amides is 1. The van der Waals surface area contributed by atoms with Crippen molar-refractivity contribution in [3.8, 4) is 0 Å². The maximum atomic E-state index is 12.3. The molecule has 18 heavy (non-hydrogen) atoms. The van der Waals surface area contributed by atoms with Gasteiger partial charge in [-0.3, -0.25) is 4.79 Å². The van der Waals surface area contributed by atoms with E-state index in [4.69, 9.17) is 9.47 Å². The van der Waals surface area contributed by atoms with Crippen molar-refractivity contribution in [3.63, 3.8) is 0 Å². The van der Waals surface area contributed by atoms with Crippen molar-refractivity contribution in [1.29, 1.82) is 0 Å². The Labute approximate surface area is 116 Å². The standard InChI is InChI=1S/C12H19BrN2O3/c1-9(8-18-3)15(4-5-17-2)12(16)11-6-10(13)7-14-11/h6-7,9,14H,4-5,8H2,1-3H3. The molecule has 1 aromatic heterocycles. The van der Waals surface area contributed by atoms with E-state index in [9.17, 15) is 4.79 Å². The average molecular weight is 319 g/mol. The van der Waals surface area contributed by atoms with Crippen molar-refractivity contribution in [3.05, 3.63) is 22.4 Å². The molecule has 0 fully saturated rings. The van der Waals surface area contributed by atoms with E-state index in [1.165, 1.54) is 0 Å². The van der Waals surface area contributed by atoms with Crippen LogP contribution >= 0.6 is 15.9 Å². The fraction of sp³-hybridized carbons (Fsp3) is 0.583. The molecule has 0 aliphatic heterocycles. The van der Waals surface area contributed by atoms with Gasteiger partial charge < -0.3 is 19.4 Å². The largest absolute Gasteiger partial charge is 0.383 e. The molecule has 0 aliphatic carbocycles. The summed E-state index contributed by atoms with van der Waals surface area (Å²) < 4.78 is 11.0. The third-order valence-electron chi connectivity index (χ3n) is 2.62. The fourth-order valence-corrected chi connectivity index (χ4v) is 2.03. The number of nitrogens with zero attached hydrogens (tertiary/aromatic N) is 1. The van der Waals surface area contributed by atoms with Gasteiger partial charge in [0.2, 0.25) is 0 Å². The Morgan fingerprint density at radius 2 is 2.22 bits per heavy atom. The quantitative estimate of drug-likeness (QED) is 0.835. The second-order valence-electron chi connectivity index (χ2n) is 4.03. The van der Waals surface area contributed by atoms with Gasteiger partial charge in [-0.15, -0.1) is 0 Å². The molecule has 1 aromatic rings. The fourth-order valence-electron chi connectivity index (χ4n) is 1.69. The highest BCUT2D eigenvalue weighted by atomic mass is 79.9. The number of hydrogen-bond donors (Lipinski definition) is 1. The smallest absolute Gasteiger partial charge is 0.270 e. The Bertz CT molecular complexity index is 381. The SMILES string of the molecule is COCCN(C(=O)c1cc(Br)c[nH]1)C(C)COC. The summed E-state index contributed by atoms with van der Waals surface area (Å²) in [5.41, 5.74) is 0.556. The molecule has 1 unspecified atom stereocenters. The molecule has 1 N–H and O–H groups in total. The first kappa shape index (κ1) is 15.2. The van der Waals surface area contributed by atoms with Gasteiger partial charge in [-0.05, 0) is 28.9 Å². The molecule has 0 aromatic carbocycles. The molecule has 1 heterocycles. The molecule has 0 saturated heterocycles. The Hall–Kier alpha value is -0.850. The number of nitrogens with one attached hydrogen (secondary N) is 1. The molecule has 0 aliphatic rings. The van der Waals surface area contributed by atoms with Crippen LogP contribution in [0.5, 0.6) is 0 Å². The number of rotatable bonds is 7. The average Bonchev–Trinajstić information content (AvgIpc) is 2.76. The van der Waals surface area contributed by atoms with Crippen molar-refractivity contribution in [2.24, 2.45) is 0 Å². The predicted molar refractivity (Wildman–Crippen MR) is 72.7 cm³/mol. The molecule has 5 nitrogen and oxygen atoms in total. The summed E-state index contributed by atoms with van der Waals surface area (Å²) in [7, 11) is 3.25. The number of halogens is 1. The van der Waals surface area contributed by atoms with Crippen LogP contribution in [0.15, 0.2) is 16.7 Å². The van der Waals surface area contributed by atoms with E-state index in [1.54, 1.807) is 31.4 Å². The summed E-state index contributed by atoms with van der Waals surface area (Å²) in [6, 6.07) is 1.77. The summed E-state index contributed by atoms with van der Waals surface area (Å²) in [4.78, 5) is 17.0. The number of carbonyl (C=O) groups excluding carboxylic acids is 1. The second-order valence-corrected chi connectivity index (χ2v) is 4.94. The maximum Gasteiger partial charge on any atom is 0.270 e. The van der Waals surface area contributed by atoms with Crippen LogP contribution in [0.25, 0.3) is 0 Å². The first-order chi connectivity index (χ1) is 8.60. The Morgan fingerprint density at radius 1 is 1.50 bits per heavy atom. The van der Waals surface area contributed by atoms with Crippen LogP contribution in [0, 0.1) is 0 Å². The third kappa shape index (κ3) is 4.12. The molecule has 0 saturated carbocycles. The second kappa shape index (κ2) is 7.56. The zero-order chi connectivity index (χ0) is 13.5. The van der Waals surface area contributed by atoms with Gasteiger partial charge in [0, 0.05) is 31.4 Å². The minimum atomic E-state index is -0.0534. The number of H-pyrrole nitrogens is 1. The highest BCUT2D eigenvalue weighted by Gasteiger charge is 2.22. The van der Waals surface area contributed by atoms with Crippen molar-refractivity contribution in [1.82, 2.24) is 9.88 Å². The number of carbonyl (C=O) groups is 1.